The summed E-state index contributed by atoms with van der Waals surface area (Å²) in [7, 11) is 1.36. The summed E-state index contributed by atoms with van der Waals surface area (Å²) in [6.07, 6.45) is 4.05. The van der Waals surface area contributed by atoms with Crippen molar-refractivity contribution in [3.05, 3.63) is 34.2 Å². The first-order valence-electron chi connectivity index (χ1n) is 4.81. The number of esters is 1. The van der Waals surface area contributed by atoms with Crippen LogP contribution in [0.25, 0.3) is 0 Å². The Hall–Kier alpha value is -1.29. The third-order valence-electron chi connectivity index (χ3n) is 1.88. The first-order chi connectivity index (χ1) is 7.26. The molecule has 0 radical (unpaired) electrons. The van der Waals surface area contributed by atoms with Crippen molar-refractivity contribution in [3.8, 4) is 0 Å². The summed E-state index contributed by atoms with van der Waals surface area (Å²) in [5.41, 5.74) is 0. The molecule has 0 saturated carbocycles. The molecule has 4 heteroatoms. The Bertz CT molecular complexity index is 344. The molecule has 1 heterocycles. The van der Waals surface area contributed by atoms with Crippen LogP contribution in [-0.4, -0.2) is 13.1 Å². The minimum atomic E-state index is -0.345. The largest absolute Gasteiger partial charge is 0.466 e. The highest BCUT2D eigenvalue weighted by atomic mass is 32.1. The van der Waals surface area contributed by atoms with Gasteiger partial charge in [0.2, 0.25) is 0 Å². The molecule has 1 aromatic heterocycles. The molecule has 82 valence electrons. The summed E-state index contributed by atoms with van der Waals surface area (Å²) < 4.78 is 4.46. The fraction of sp³-hybridized carbons (Fsp3) is 0.364. The zero-order chi connectivity index (χ0) is 11.1. The van der Waals surface area contributed by atoms with Gasteiger partial charge in [-0.2, -0.15) is 0 Å². The molecule has 3 nitrogen and oxygen atoms in total. The number of rotatable bonds is 5. The quantitative estimate of drug-likeness (QED) is 0.616. The van der Waals surface area contributed by atoms with Crippen LogP contribution in [0.15, 0.2) is 24.4 Å². The summed E-state index contributed by atoms with van der Waals surface area (Å²) in [6.45, 7) is 2.89. The average Bonchev–Trinajstić information content (AvgIpc) is 2.72. The Morgan fingerprint density at radius 3 is 2.87 bits per heavy atom. The highest BCUT2D eigenvalue weighted by Crippen LogP contribution is 2.16. The Balaban J connectivity index is 2.31. The third kappa shape index (κ3) is 4.16. The molecule has 1 rings (SSSR count). The van der Waals surface area contributed by atoms with E-state index < -0.39 is 0 Å². The number of methoxy groups -OCH3 is 1. The number of aryl methyl sites for hydroxylation is 1. The second-order valence-corrected chi connectivity index (χ2v) is 4.21. The van der Waals surface area contributed by atoms with Crippen molar-refractivity contribution in [1.82, 2.24) is 5.32 Å². The minimum absolute atomic E-state index is 0.345. The molecule has 0 aliphatic rings. The SMILES string of the molecule is CCc1ccc(CN/C=C/C(=O)OC)s1. The van der Waals surface area contributed by atoms with Gasteiger partial charge in [-0.05, 0) is 18.6 Å². The fourth-order valence-electron chi connectivity index (χ4n) is 1.06. The second kappa shape index (κ2) is 6.24. The molecule has 0 aromatic carbocycles. The van der Waals surface area contributed by atoms with Gasteiger partial charge in [-0.1, -0.05) is 6.92 Å². The first-order valence-corrected chi connectivity index (χ1v) is 5.63. The molecule has 1 N–H and O–H groups in total. The van der Waals surface area contributed by atoms with Gasteiger partial charge in [0.1, 0.15) is 0 Å². The number of hydrogen-bond acceptors (Lipinski definition) is 4. The molecule has 0 spiro atoms. The van der Waals surface area contributed by atoms with Gasteiger partial charge in [-0.3, -0.25) is 0 Å². The molecular formula is C11H15NO2S. The number of nitrogens with one attached hydrogen (secondary N) is 1. The van der Waals surface area contributed by atoms with E-state index in [1.807, 2.05) is 0 Å². The van der Waals surface area contributed by atoms with Crippen molar-refractivity contribution in [3.63, 3.8) is 0 Å². The zero-order valence-electron chi connectivity index (χ0n) is 8.95. The summed E-state index contributed by atoms with van der Waals surface area (Å²) in [5, 5.41) is 3.03. The number of carbonyl (C=O) groups excluding carboxylic acids is 1. The van der Waals surface area contributed by atoms with Crippen LogP contribution in [0, 0.1) is 0 Å². The van der Waals surface area contributed by atoms with Gasteiger partial charge < -0.3 is 10.1 Å². The van der Waals surface area contributed by atoms with Crippen LogP contribution in [-0.2, 0) is 22.5 Å². The lowest BCUT2D eigenvalue weighted by Crippen LogP contribution is -2.04. The maximum Gasteiger partial charge on any atom is 0.331 e. The molecule has 0 unspecified atom stereocenters. The van der Waals surface area contributed by atoms with Gasteiger partial charge in [0.05, 0.1) is 7.11 Å². The van der Waals surface area contributed by atoms with Crippen molar-refractivity contribution < 1.29 is 9.53 Å². The van der Waals surface area contributed by atoms with E-state index in [1.54, 1.807) is 17.5 Å². The van der Waals surface area contributed by atoms with Crippen LogP contribution in [0.1, 0.15) is 16.7 Å². The van der Waals surface area contributed by atoms with Gasteiger partial charge in [-0.25, -0.2) is 4.79 Å². The topological polar surface area (TPSA) is 38.3 Å². The van der Waals surface area contributed by atoms with E-state index >= 15 is 0 Å². The minimum Gasteiger partial charge on any atom is -0.466 e. The van der Waals surface area contributed by atoms with Crippen molar-refractivity contribution in [2.75, 3.05) is 7.11 Å². The van der Waals surface area contributed by atoms with Crippen LogP contribution in [0.3, 0.4) is 0 Å². The van der Waals surface area contributed by atoms with Gasteiger partial charge >= 0.3 is 5.97 Å². The van der Waals surface area contributed by atoms with Crippen molar-refractivity contribution in [1.29, 1.82) is 0 Å². The number of ether oxygens (including phenoxy) is 1. The van der Waals surface area contributed by atoms with E-state index in [0.29, 0.717) is 0 Å². The van der Waals surface area contributed by atoms with Crippen LogP contribution < -0.4 is 5.32 Å². The molecular weight excluding hydrogens is 210 g/mol. The fourth-order valence-corrected chi connectivity index (χ4v) is 1.97. The molecule has 0 aliphatic heterocycles. The first kappa shape index (κ1) is 11.8. The second-order valence-electron chi connectivity index (χ2n) is 2.96. The van der Waals surface area contributed by atoms with Crippen LogP contribution >= 0.6 is 11.3 Å². The maximum absolute atomic E-state index is 10.7. The van der Waals surface area contributed by atoms with E-state index in [2.05, 4.69) is 29.1 Å². The van der Waals surface area contributed by atoms with Crippen LogP contribution in [0.2, 0.25) is 0 Å². The van der Waals surface area contributed by atoms with E-state index in [-0.39, 0.29) is 5.97 Å². The molecule has 0 saturated heterocycles. The number of carbonyl (C=O) groups is 1. The van der Waals surface area contributed by atoms with E-state index in [1.165, 1.54) is 22.9 Å². The lowest BCUT2D eigenvalue weighted by molar-refractivity contribution is -0.134. The average molecular weight is 225 g/mol. The zero-order valence-corrected chi connectivity index (χ0v) is 9.76. The van der Waals surface area contributed by atoms with Gasteiger partial charge in [0.15, 0.2) is 0 Å². The predicted molar refractivity (Wildman–Crippen MR) is 61.7 cm³/mol. The molecule has 0 atom stereocenters. The van der Waals surface area contributed by atoms with E-state index in [9.17, 15) is 4.79 Å². The molecule has 1 aromatic rings. The summed E-state index contributed by atoms with van der Waals surface area (Å²) in [4.78, 5) is 13.4. The lowest BCUT2D eigenvalue weighted by atomic mass is 10.4. The normalized spacial score (nSPS) is 10.5. The van der Waals surface area contributed by atoms with E-state index in [4.69, 9.17) is 0 Å². The Kier molecular flexibility index (Phi) is 4.90. The summed E-state index contributed by atoms with van der Waals surface area (Å²) in [5.74, 6) is -0.345. The van der Waals surface area contributed by atoms with Crippen molar-refractivity contribution in [2.24, 2.45) is 0 Å². The number of hydrogen-bond donors (Lipinski definition) is 1. The van der Waals surface area contributed by atoms with Crippen molar-refractivity contribution in [2.45, 2.75) is 19.9 Å². The van der Waals surface area contributed by atoms with Crippen molar-refractivity contribution >= 4 is 17.3 Å². The lowest BCUT2D eigenvalue weighted by Gasteiger charge is -1.96. The number of thiophene rings is 1. The molecule has 0 bridgehead atoms. The molecule has 0 fully saturated rings. The molecule has 0 amide bonds. The Morgan fingerprint density at radius 2 is 2.27 bits per heavy atom. The third-order valence-corrected chi connectivity index (χ3v) is 3.11. The van der Waals surface area contributed by atoms with Gasteiger partial charge in [-0.15, -0.1) is 11.3 Å². The van der Waals surface area contributed by atoms with Crippen LogP contribution in [0.5, 0.6) is 0 Å². The molecule has 0 aliphatic carbocycles. The summed E-state index contributed by atoms with van der Waals surface area (Å²) >= 11 is 1.78. The Morgan fingerprint density at radius 1 is 1.53 bits per heavy atom. The van der Waals surface area contributed by atoms with Gasteiger partial charge in [0.25, 0.3) is 0 Å². The predicted octanol–water partition coefficient (Wildman–Crippen LogP) is 2.09. The molecule has 15 heavy (non-hydrogen) atoms. The highest BCUT2D eigenvalue weighted by molar-refractivity contribution is 7.11. The maximum atomic E-state index is 10.7. The van der Waals surface area contributed by atoms with E-state index in [0.717, 1.165) is 13.0 Å². The monoisotopic (exact) mass is 225 g/mol. The smallest absolute Gasteiger partial charge is 0.331 e. The highest BCUT2D eigenvalue weighted by Gasteiger charge is 1.96. The Labute approximate surface area is 93.8 Å². The summed E-state index contributed by atoms with van der Waals surface area (Å²) in [6, 6.07) is 4.23. The van der Waals surface area contributed by atoms with Gasteiger partial charge in [0, 0.05) is 28.6 Å². The standard InChI is InChI=1S/C11H15NO2S/c1-3-9-4-5-10(15-9)8-12-7-6-11(13)14-2/h4-7,12H,3,8H2,1-2H3/b7-6+. The van der Waals surface area contributed by atoms with Crippen LogP contribution in [0.4, 0.5) is 0 Å².